The van der Waals surface area contributed by atoms with Crippen LogP contribution in [0.2, 0.25) is 10.0 Å². The van der Waals surface area contributed by atoms with E-state index in [2.05, 4.69) is 5.32 Å². The molecule has 1 rings (SSSR count). The summed E-state index contributed by atoms with van der Waals surface area (Å²) in [6.45, 7) is 4.31. The summed E-state index contributed by atoms with van der Waals surface area (Å²) in [5.74, 6) is -0.438. The van der Waals surface area contributed by atoms with Crippen molar-refractivity contribution in [2.24, 2.45) is 0 Å². The van der Waals surface area contributed by atoms with Crippen LogP contribution in [-0.4, -0.2) is 41.9 Å². The number of likely N-dealkylation sites (N-methyl/N-ethyl adjacent to an activating group) is 1. The van der Waals surface area contributed by atoms with Crippen molar-refractivity contribution in [3.05, 3.63) is 37.9 Å². The minimum atomic E-state index is -0.672. The van der Waals surface area contributed by atoms with Gasteiger partial charge in [0.25, 0.3) is 11.6 Å². The number of nitrogens with one attached hydrogen (secondary N) is 1. The highest BCUT2D eigenvalue weighted by atomic mass is 35.5. The van der Waals surface area contributed by atoms with Crippen LogP contribution in [0.3, 0.4) is 0 Å². The molecule has 0 aromatic heterocycles. The molecule has 0 bridgehead atoms. The van der Waals surface area contributed by atoms with Crippen LogP contribution in [0.25, 0.3) is 0 Å². The SMILES string of the molecule is CN(C)C(C)(C)CNC(=O)c1cc(Cl)c(Cl)c([N+](=O)[O-])c1. The Labute approximate surface area is 133 Å². The van der Waals surface area contributed by atoms with Gasteiger partial charge in [-0.05, 0) is 34.0 Å². The lowest BCUT2D eigenvalue weighted by Crippen LogP contribution is -2.48. The Morgan fingerprint density at radius 3 is 2.43 bits per heavy atom. The van der Waals surface area contributed by atoms with Gasteiger partial charge in [-0.25, -0.2) is 0 Å². The van der Waals surface area contributed by atoms with E-state index in [0.717, 1.165) is 6.07 Å². The molecule has 8 heteroatoms. The van der Waals surface area contributed by atoms with E-state index in [4.69, 9.17) is 23.2 Å². The second kappa shape index (κ2) is 6.60. The Hall–Kier alpha value is -1.37. The minimum Gasteiger partial charge on any atom is -0.350 e. The predicted octanol–water partition coefficient (Wildman–Crippen LogP) is 2.97. The number of benzene rings is 1. The number of nitro benzene ring substituents is 1. The van der Waals surface area contributed by atoms with Crippen molar-refractivity contribution in [3.63, 3.8) is 0 Å². The lowest BCUT2D eigenvalue weighted by Gasteiger charge is -2.32. The average Bonchev–Trinajstić information content (AvgIpc) is 2.38. The van der Waals surface area contributed by atoms with Crippen molar-refractivity contribution in [1.82, 2.24) is 10.2 Å². The van der Waals surface area contributed by atoms with Crippen molar-refractivity contribution < 1.29 is 9.72 Å². The Bertz CT molecular complexity index is 574. The van der Waals surface area contributed by atoms with Crippen LogP contribution >= 0.6 is 23.2 Å². The van der Waals surface area contributed by atoms with Crippen LogP contribution < -0.4 is 5.32 Å². The molecule has 1 aromatic rings. The Morgan fingerprint density at radius 1 is 1.38 bits per heavy atom. The molecule has 0 fully saturated rings. The van der Waals surface area contributed by atoms with E-state index in [1.165, 1.54) is 6.07 Å². The maximum atomic E-state index is 12.1. The van der Waals surface area contributed by atoms with Gasteiger partial charge in [0, 0.05) is 23.7 Å². The number of nitro groups is 1. The zero-order valence-electron chi connectivity index (χ0n) is 12.2. The third kappa shape index (κ3) is 4.30. The van der Waals surface area contributed by atoms with E-state index in [0.29, 0.717) is 6.54 Å². The average molecular weight is 334 g/mol. The Kier molecular flexibility index (Phi) is 5.55. The molecule has 1 amide bonds. The number of rotatable bonds is 5. The van der Waals surface area contributed by atoms with Gasteiger partial charge in [0.2, 0.25) is 0 Å². The molecule has 0 aliphatic carbocycles. The molecule has 21 heavy (non-hydrogen) atoms. The van der Waals surface area contributed by atoms with E-state index in [9.17, 15) is 14.9 Å². The predicted molar refractivity (Wildman–Crippen MR) is 83.2 cm³/mol. The molecule has 1 aromatic carbocycles. The maximum absolute atomic E-state index is 12.1. The molecule has 1 N–H and O–H groups in total. The zero-order chi connectivity index (χ0) is 16.4. The quantitative estimate of drug-likeness (QED) is 0.663. The van der Waals surface area contributed by atoms with Gasteiger partial charge >= 0.3 is 0 Å². The summed E-state index contributed by atoms with van der Waals surface area (Å²) < 4.78 is 0. The van der Waals surface area contributed by atoms with E-state index in [-0.39, 0.29) is 26.8 Å². The van der Waals surface area contributed by atoms with E-state index in [1.54, 1.807) is 0 Å². The lowest BCUT2D eigenvalue weighted by molar-refractivity contribution is -0.384. The van der Waals surface area contributed by atoms with Gasteiger partial charge in [0.05, 0.1) is 9.95 Å². The zero-order valence-corrected chi connectivity index (χ0v) is 13.7. The van der Waals surface area contributed by atoms with Crippen LogP contribution in [-0.2, 0) is 0 Å². The second-order valence-electron chi connectivity index (χ2n) is 5.44. The summed E-state index contributed by atoms with van der Waals surface area (Å²) >= 11 is 11.6. The Balaban J connectivity index is 2.96. The number of nitrogens with zero attached hydrogens (tertiary/aromatic N) is 2. The van der Waals surface area contributed by atoms with Crippen molar-refractivity contribution in [1.29, 1.82) is 0 Å². The molecular formula is C13H17Cl2N3O3. The first-order valence-corrected chi connectivity index (χ1v) is 6.91. The van der Waals surface area contributed by atoms with Crippen molar-refractivity contribution in [2.75, 3.05) is 20.6 Å². The van der Waals surface area contributed by atoms with Crippen LogP contribution in [0.1, 0.15) is 24.2 Å². The molecule has 0 radical (unpaired) electrons. The highest BCUT2D eigenvalue weighted by Gasteiger charge is 2.23. The van der Waals surface area contributed by atoms with Crippen LogP contribution in [0.15, 0.2) is 12.1 Å². The van der Waals surface area contributed by atoms with Crippen LogP contribution in [0.5, 0.6) is 0 Å². The van der Waals surface area contributed by atoms with Crippen molar-refractivity contribution >= 4 is 34.8 Å². The number of halogens is 2. The van der Waals surface area contributed by atoms with Gasteiger partial charge in [-0.1, -0.05) is 23.2 Å². The monoisotopic (exact) mass is 333 g/mol. The summed E-state index contributed by atoms with van der Waals surface area (Å²) in [5, 5.41) is 13.4. The largest absolute Gasteiger partial charge is 0.350 e. The van der Waals surface area contributed by atoms with Crippen molar-refractivity contribution in [3.8, 4) is 0 Å². The summed E-state index contributed by atoms with van der Waals surface area (Å²) in [5.41, 5.74) is -0.538. The van der Waals surface area contributed by atoms with Gasteiger partial charge < -0.3 is 10.2 Å². The fourth-order valence-electron chi connectivity index (χ4n) is 1.40. The summed E-state index contributed by atoms with van der Waals surface area (Å²) in [4.78, 5) is 24.3. The second-order valence-corrected chi connectivity index (χ2v) is 6.22. The number of amides is 1. The van der Waals surface area contributed by atoms with Crippen LogP contribution in [0, 0.1) is 10.1 Å². The van der Waals surface area contributed by atoms with E-state index in [1.807, 2.05) is 32.8 Å². The summed E-state index contributed by atoms with van der Waals surface area (Å²) in [7, 11) is 3.80. The molecule has 0 unspecified atom stereocenters. The smallest absolute Gasteiger partial charge is 0.290 e. The van der Waals surface area contributed by atoms with Gasteiger partial charge in [-0.15, -0.1) is 0 Å². The summed E-state index contributed by atoms with van der Waals surface area (Å²) in [6.07, 6.45) is 0. The molecule has 0 heterocycles. The third-order valence-corrected chi connectivity index (χ3v) is 4.15. The van der Waals surface area contributed by atoms with Gasteiger partial charge in [-0.2, -0.15) is 0 Å². The third-order valence-electron chi connectivity index (χ3n) is 3.36. The first-order chi connectivity index (χ1) is 9.56. The lowest BCUT2D eigenvalue weighted by atomic mass is 10.0. The highest BCUT2D eigenvalue weighted by molar-refractivity contribution is 6.43. The normalized spacial score (nSPS) is 11.6. The van der Waals surface area contributed by atoms with Crippen LogP contribution in [0.4, 0.5) is 5.69 Å². The minimum absolute atomic E-state index is 0.0251. The molecule has 0 spiro atoms. The number of hydrogen-bond donors (Lipinski definition) is 1. The molecular weight excluding hydrogens is 317 g/mol. The van der Waals surface area contributed by atoms with Gasteiger partial charge in [-0.3, -0.25) is 14.9 Å². The molecule has 0 saturated carbocycles. The highest BCUT2D eigenvalue weighted by Crippen LogP contribution is 2.33. The molecule has 0 aliphatic rings. The molecule has 6 nitrogen and oxygen atoms in total. The van der Waals surface area contributed by atoms with Gasteiger partial charge in [0.1, 0.15) is 5.02 Å². The first-order valence-electron chi connectivity index (χ1n) is 6.15. The number of hydrogen-bond acceptors (Lipinski definition) is 4. The van der Waals surface area contributed by atoms with E-state index >= 15 is 0 Å². The number of carbonyl (C=O) groups excluding carboxylic acids is 1. The Morgan fingerprint density at radius 2 is 1.95 bits per heavy atom. The van der Waals surface area contributed by atoms with Gasteiger partial charge in [0.15, 0.2) is 0 Å². The molecule has 116 valence electrons. The number of carbonyl (C=O) groups is 1. The fraction of sp³-hybridized carbons (Fsp3) is 0.462. The first kappa shape index (κ1) is 17.7. The topological polar surface area (TPSA) is 75.5 Å². The standard InChI is InChI=1S/C13H17Cl2N3O3/c1-13(2,17(3)4)7-16-12(19)8-5-9(14)11(15)10(6-8)18(20)21/h5-6H,7H2,1-4H3,(H,16,19). The van der Waals surface area contributed by atoms with E-state index < -0.39 is 10.8 Å². The summed E-state index contributed by atoms with van der Waals surface area (Å²) in [6, 6.07) is 2.43. The van der Waals surface area contributed by atoms with Crippen molar-refractivity contribution in [2.45, 2.75) is 19.4 Å². The molecule has 0 atom stereocenters. The molecule has 0 aliphatic heterocycles. The molecule has 0 saturated heterocycles. The fourth-order valence-corrected chi connectivity index (χ4v) is 1.79. The maximum Gasteiger partial charge on any atom is 0.290 e.